The van der Waals surface area contributed by atoms with Crippen LogP contribution in [0.3, 0.4) is 0 Å². The van der Waals surface area contributed by atoms with Crippen LogP contribution in [0.15, 0.2) is 71.1 Å². The molecule has 204 valence electrons. The lowest BCUT2D eigenvalue weighted by Crippen LogP contribution is -2.59. The number of hydrogen-bond acceptors (Lipinski definition) is 3. The maximum absolute atomic E-state index is 6.60. The molecule has 0 radical (unpaired) electrons. The number of furan rings is 1. The highest BCUT2D eigenvalue weighted by atomic mass is 16.6. The molecule has 3 heterocycles. The first-order valence-corrected chi connectivity index (χ1v) is 14.9. The van der Waals surface area contributed by atoms with Gasteiger partial charge in [0.2, 0.25) is 0 Å². The van der Waals surface area contributed by atoms with Crippen LogP contribution in [-0.4, -0.2) is 6.71 Å². The number of ether oxygens (including phenoxy) is 1. The Morgan fingerprint density at radius 2 is 1.51 bits per heavy atom. The molecular formula is C37H36BNO2. The van der Waals surface area contributed by atoms with Crippen LogP contribution < -0.4 is 26.0 Å². The summed E-state index contributed by atoms with van der Waals surface area (Å²) in [6, 6.07) is 24.8. The number of anilines is 3. The molecule has 1 aromatic heterocycles. The zero-order valence-corrected chi connectivity index (χ0v) is 25.1. The van der Waals surface area contributed by atoms with Crippen molar-refractivity contribution in [3.8, 4) is 11.7 Å². The minimum atomic E-state index is 0.0345. The molecule has 0 amide bonds. The van der Waals surface area contributed by atoms with Gasteiger partial charge in [0.15, 0.2) is 0 Å². The van der Waals surface area contributed by atoms with E-state index in [2.05, 4.69) is 120 Å². The molecule has 4 aromatic carbocycles. The van der Waals surface area contributed by atoms with E-state index in [9.17, 15) is 0 Å². The van der Waals surface area contributed by atoms with E-state index in [-0.39, 0.29) is 17.5 Å². The van der Waals surface area contributed by atoms with Crippen LogP contribution in [0.1, 0.15) is 69.4 Å². The van der Waals surface area contributed by atoms with Gasteiger partial charge in [-0.05, 0) is 100 Å². The Morgan fingerprint density at radius 1 is 0.732 bits per heavy atom. The average molecular weight is 538 g/mol. The second kappa shape index (κ2) is 8.09. The van der Waals surface area contributed by atoms with E-state index < -0.39 is 0 Å². The standard InChI is InChI=1S/C37H36BNO2/c1-21-11-16-29-27(19-21)38-33-25-20-22(36(2,3)4)12-18-31(25)40-35(33)41-32-10-8-9-30(34(32)38)39(29)28-17-15-26(37(5,6)7)23-13-14-24(23)28/h8-12,15-20H,13-14H2,1-7H3. The van der Waals surface area contributed by atoms with E-state index >= 15 is 0 Å². The molecule has 4 heteroatoms. The van der Waals surface area contributed by atoms with Crippen molar-refractivity contribution in [2.24, 2.45) is 0 Å². The lowest BCUT2D eigenvalue weighted by Gasteiger charge is -2.42. The molecular weight excluding hydrogens is 501 g/mol. The second-order valence-electron chi connectivity index (χ2n) is 14.2. The first kappa shape index (κ1) is 24.8. The predicted octanol–water partition coefficient (Wildman–Crippen LogP) is 7.84. The number of fused-ring (bicyclic) bond motifs is 7. The number of aryl methyl sites for hydroxylation is 1. The van der Waals surface area contributed by atoms with Gasteiger partial charge in [-0.2, -0.15) is 0 Å². The maximum atomic E-state index is 6.60. The first-order chi connectivity index (χ1) is 19.5. The average Bonchev–Trinajstić information content (AvgIpc) is 3.25. The summed E-state index contributed by atoms with van der Waals surface area (Å²) in [4.78, 5) is 2.51. The maximum Gasteiger partial charge on any atom is 0.285 e. The van der Waals surface area contributed by atoms with E-state index in [1.54, 1.807) is 0 Å². The molecule has 0 N–H and O–H groups in total. The summed E-state index contributed by atoms with van der Waals surface area (Å²) in [6.45, 7) is 16.0. The molecule has 3 aliphatic rings. The molecule has 3 nitrogen and oxygen atoms in total. The summed E-state index contributed by atoms with van der Waals surface area (Å²) in [5.74, 6) is 1.51. The van der Waals surface area contributed by atoms with E-state index in [4.69, 9.17) is 9.15 Å². The van der Waals surface area contributed by atoms with E-state index in [1.165, 1.54) is 55.8 Å². The summed E-state index contributed by atoms with van der Waals surface area (Å²) in [7, 11) is 0. The van der Waals surface area contributed by atoms with Gasteiger partial charge in [0.1, 0.15) is 11.3 Å². The molecule has 0 saturated heterocycles. The number of benzene rings is 4. The predicted molar refractivity (Wildman–Crippen MR) is 172 cm³/mol. The molecule has 8 rings (SSSR count). The normalized spacial score (nSPS) is 15.1. The highest BCUT2D eigenvalue weighted by molar-refractivity contribution is 7.00. The van der Waals surface area contributed by atoms with E-state index in [0.717, 1.165) is 35.0 Å². The molecule has 0 bridgehead atoms. The van der Waals surface area contributed by atoms with Gasteiger partial charge in [-0.25, -0.2) is 0 Å². The fourth-order valence-corrected chi connectivity index (χ4v) is 7.30. The van der Waals surface area contributed by atoms with E-state index in [0.29, 0.717) is 5.95 Å². The van der Waals surface area contributed by atoms with Crippen LogP contribution in [0.5, 0.6) is 11.7 Å². The summed E-state index contributed by atoms with van der Waals surface area (Å²) >= 11 is 0. The van der Waals surface area contributed by atoms with Crippen molar-refractivity contribution in [3.63, 3.8) is 0 Å². The fraction of sp³-hybridized carbons (Fsp3) is 0.297. The van der Waals surface area contributed by atoms with Crippen molar-refractivity contribution in [1.82, 2.24) is 0 Å². The van der Waals surface area contributed by atoms with Gasteiger partial charge in [0.25, 0.3) is 12.7 Å². The smallest absolute Gasteiger partial charge is 0.285 e. The molecule has 0 unspecified atom stereocenters. The monoisotopic (exact) mass is 537 g/mol. The Hall–Kier alpha value is -3.92. The van der Waals surface area contributed by atoms with Gasteiger partial charge in [-0.1, -0.05) is 77.4 Å². The van der Waals surface area contributed by atoms with Gasteiger partial charge in [-0.15, -0.1) is 0 Å². The lowest BCUT2D eigenvalue weighted by molar-refractivity contribution is 0.364. The minimum Gasteiger partial charge on any atom is -0.427 e. The van der Waals surface area contributed by atoms with Gasteiger partial charge in [0, 0.05) is 27.9 Å². The summed E-state index contributed by atoms with van der Waals surface area (Å²) < 4.78 is 13.0. The minimum absolute atomic E-state index is 0.0345. The topological polar surface area (TPSA) is 25.6 Å². The molecule has 41 heavy (non-hydrogen) atoms. The SMILES string of the molecule is Cc1ccc2c(c1)B1c3c(cccc3N2c2ccc(C(C)(C)C)c3c2CC3)Oc2oc3ccc(C(C)(C)C)cc3c21. The van der Waals surface area contributed by atoms with Crippen LogP contribution in [0.25, 0.3) is 11.0 Å². The second-order valence-corrected chi connectivity index (χ2v) is 14.2. The molecule has 2 aliphatic heterocycles. The Morgan fingerprint density at radius 3 is 2.24 bits per heavy atom. The Labute approximate surface area is 243 Å². The third-order valence-corrected chi connectivity index (χ3v) is 9.44. The molecule has 1 aliphatic carbocycles. The highest BCUT2D eigenvalue weighted by Gasteiger charge is 2.45. The third kappa shape index (κ3) is 3.46. The summed E-state index contributed by atoms with van der Waals surface area (Å²) in [5, 5.41) is 1.15. The number of rotatable bonds is 1. The Balaban J connectivity index is 1.41. The number of nitrogens with zero attached hydrogens (tertiary/aromatic N) is 1. The summed E-state index contributed by atoms with van der Waals surface area (Å²) in [6.07, 6.45) is 2.27. The van der Waals surface area contributed by atoms with Crippen molar-refractivity contribution in [2.75, 3.05) is 4.90 Å². The van der Waals surface area contributed by atoms with Crippen molar-refractivity contribution < 1.29 is 9.15 Å². The molecule has 0 atom stereocenters. The van der Waals surface area contributed by atoms with E-state index in [1.807, 2.05) is 0 Å². The highest BCUT2D eigenvalue weighted by Crippen LogP contribution is 2.47. The van der Waals surface area contributed by atoms with Gasteiger partial charge < -0.3 is 14.1 Å². The first-order valence-electron chi connectivity index (χ1n) is 14.9. The van der Waals surface area contributed by atoms with Crippen LogP contribution >= 0.6 is 0 Å². The van der Waals surface area contributed by atoms with Crippen LogP contribution in [0.4, 0.5) is 17.1 Å². The van der Waals surface area contributed by atoms with Crippen molar-refractivity contribution in [2.45, 2.75) is 72.1 Å². The lowest BCUT2D eigenvalue weighted by atomic mass is 9.34. The molecule has 0 spiro atoms. The largest absolute Gasteiger partial charge is 0.427 e. The molecule has 0 saturated carbocycles. The third-order valence-electron chi connectivity index (χ3n) is 9.44. The number of hydrogen-bond donors (Lipinski definition) is 0. The zero-order valence-electron chi connectivity index (χ0n) is 25.1. The van der Waals surface area contributed by atoms with Gasteiger partial charge in [-0.3, -0.25) is 0 Å². The van der Waals surface area contributed by atoms with Crippen LogP contribution in [0, 0.1) is 6.92 Å². The van der Waals surface area contributed by atoms with Gasteiger partial charge in [0.05, 0.1) is 0 Å². The zero-order chi connectivity index (χ0) is 28.4. The van der Waals surface area contributed by atoms with Crippen molar-refractivity contribution in [1.29, 1.82) is 0 Å². The van der Waals surface area contributed by atoms with Gasteiger partial charge >= 0.3 is 0 Å². The van der Waals surface area contributed by atoms with Crippen molar-refractivity contribution in [3.05, 3.63) is 94.5 Å². The molecule has 0 fully saturated rings. The Bertz CT molecular complexity index is 1920. The van der Waals surface area contributed by atoms with Crippen molar-refractivity contribution >= 4 is 51.1 Å². The van der Waals surface area contributed by atoms with Crippen LogP contribution in [0.2, 0.25) is 0 Å². The summed E-state index contributed by atoms with van der Waals surface area (Å²) in [5.41, 5.74) is 15.5. The quantitative estimate of drug-likeness (QED) is 0.200. The Kier molecular flexibility index (Phi) is 4.90. The van der Waals surface area contributed by atoms with Crippen LogP contribution in [-0.2, 0) is 23.7 Å². The molecule has 5 aromatic rings. The fourth-order valence-electron chi connectivity index (χ4n) is 7.30.